The second kappa shape index (κ2) is 7.21. The fourth-order valence-corrected chi connectivity index (χ4v) is 1.67. The average Bonchev–Trinajstić information content (AvgIpc) is 2.32. The van der Waals surface area contributed by atoms with Crippen LogP contribution in [0.25, 0.3) is 0 Å². The molecule has 0 radical (unpaired) electrons. The standard InChI is InChI=1S/C14H21FN2O3/c1-14(2,3)20-13(18)17-8-11(9-19-16)10-5-4-6-12(15)7-10/h4-7,11H,8-9,16H2,1-3H3,(H,17,18). The summed E-state index contributed by atoms with van der Waals surface area (Å²) in [6.45, 7) is 5.74. The molecule has 0 aromatic heterocycles. The third-order valence-electron chi connectivity index (χ3n) is 2.51. The van der Waals surface area contributed by atoms with Crippen molar-refractivity contribution >= 4 is 6.09 Å². The third-order valence-corrected chi connectivity index (χ3v) is 2.51. The molecule has 0 saturated carbocycles. The molecular weight excluding hydrogens is 263 g/mol. The van der Waals surface area contributed by atoms with Crippen LogP contribution in [0.5, 0.6) is 0 Å². The number of hydrogen-bond donors (Lipinski definition) is 2. The molecule has 1 atom stereocenters. The van der Waals surface area contributed by atoms with Crippen LogP contribution in [-0.4, -0.2) is 24.8 Å². The van der Waals surface area contributed by atoms with E-state index in [9.17, 15) is 9.18 Å². The predicted octanol–water partition coefficient (Wildman–Crippen LogP) is 2.32. The topological polar surface area (TPSA) is 73.6 Å². The van der Waals surface area contributed by atoms with Gasteiger partial charge in [-0.3, -0.25) is 0 Å². The highest BCUT2D eigenvalue weighted by Gasteiger charge is 2.18. The fraction of sp³-hybridized carbons (Fsp3) is 0.500. The molecule has 6 heteroatoms. The van der Waals surface area contributed by atoms with Gasteiger partial charge >= 0.3 is 6.09 Å². The number of halogens is 1. The summed E-state index contributed by atoms with van der Waals surface area (Å²) in [7, 11) is 0. The molecule has 1 aromatic rings. The number of rotatable bonds is 5. The van der Waals surface area contributed by atoms with Gasteiger partial charge in [-0.2, -0.15) is 0 Å². The zero-order valence-corrected chi connectivity index (χ0v) is 12.0. The third kappa shape index (κ3) is 5.99. The van der Waals surface area contributed by atoms with Gasteiger partial charge in [-0.05, 0) is 38.5 Å². The molecule has 1 unspecified atom stereocenters. The van der Waals surface area contributed by atoms with E-state index in [0.29, 0.717) is 5.56 Å². The molecule has 1 rings (SSSR count). The minimum Gasteiger partial charge on any atom is -0.444 e. The molecule has 3 N–H and O–H groups in total. The number of ether oxygens (including phenoxy) is 1. The van der Waals surface area contributed by atoms with Crippen LogP contribution in [0.4, 0.5) is 9.18 Å². The Balaban J connectivity index is 2.62. The van der Waals surface area contributed by atoms with Crippen LogP contribution in [0.15, 0.2) is 24.3 Å². The van der Waals surface area contributed by atoms with Gasteiger partial charge in [-0.25, -0.2) is 15.1 Å². The molecule has 20 heavy (non-hydrogen) atoms. The molecule has 0 saturated heterocycles. The lowest BCUT2D eigenvalue weighted by Crippen LogP contribution is -2.35. The first kappa shape index (κ1) is 16.4. The summed E-state index contributed by atoms with van der Waals surface area (Å²) in [6.07, 6.45) is -0.532. The summed E-state index contributed by atoms with van der Waals surface area (Å²) in [5.41, 5.74) is 0.134. The van der Waals surface area contributed by atoms with E-state index in [2.05, 4.69) is 10.2 Å². The Kier molecular flexibility index (Phi) is 5.91. The van der Waals surface area contributed by atoms with Crippen molar-refractivity contribution in [2.45, 2.75) is 32.3 Å². The summed E-state index contributed by atoms with van der Waals surface area (Å²) < 4.78 is 18.3. The van der Waals surface area contributed by atoms with Crippen LogP contribution in [0.2, 0.25) is 0 Å². The monoisotopic (exact) mass is 284 g/mol. The molecule has 5 nitrogen and oxygen atoms in total. The van der Waals surface area contributed by atoms with Crippen molar-refractivity contribution in [1.82, 2.24) is 5.32 Å². The van der Waals surface area contributed by atoms with E-state index >= 15 is 0 Å². The van der Waals surface area contributed by atoms with Gasteiger partial charge in [0.05, 0.1) is 6.61 Å². The molecular formula is C14H21FN2O3. The van der Waals surface area contributed by atoms with Crippen molar-refractivity contribution in [2.75, 3.05) is 13.2 Å². The summed E-state index contributed by atoms with van der Waals surface area (Å²) in [5, 5.41) is 2.62. The number of nitrogens with two attached hydrogens (primary N) is 1. The molecule has 0 fully saturated rings. The van der Waals surface area contributed by atoms with E-state index in [4.69, 9.17) is 10.6 Å². The molecule has 0 aliphatic rings. The zero-order valence-electron chi connectivity index (χ0n) is 12.0. The number of amides is 1. The van der Waals surface area contributed by atoms with Gasteiger partial charge in [-0.1, -0.05) is 12.1 Å². The van der Waals surface area contributed by atoms with Gasteiger partial charge in [0.2, 0.25) is 0 Å². The maximum Gasteiger partial charge on any atom is 0.407 e. The minimum atomic E-state index is -0.567. The Bertz CT molecular complexity index is 446. The van der Waals surface area contributed by atoms with Crippen LogP contribution in [0.3, 0.4) is 0 Å². The number of carbonyl (C=O) groups is 1. The van der Waals surface area contributed by atoms with Gasteiger partial charge in [0.1, 0.15) is 11.4 Å². The number of hydrogen-bond acceptors (Lipinski definition) is 4. The molecule has 0 heterocycles. The first-order valence-electron chi connectivity index (χ1n) is 6.36. The SMILES string of the molecule is CC(C)(C)OC(=O)NCC(CON)c1cccc(F)c1. The van der Waals surface area contributed by atoms with Gasteiger partial charge in [0.25, 0.3) is 0 Å². The van der Waals surface area contributed by atoms with Gasteiger partial charge in [0, 0.05) is 12.5 Å². The van der Waals surface area contributed by atoms with Crippen molar-refractivity contribution in [1.29, 1.82) is 0 Å². The molecule has 0 spiro atoms. The number of alkyl carbamates (subject to hydrolysis) is 1. The Morgan fingerprint density at radius 1 is 1.45 bits per heavy atom. The Hall–Kier alpha value is -1.66. The van der Waals surface area contributed by atoms with Crippen LogP contribution in [0.1, 0.15) is 32.3 Å². The normalized spacial score (nSPS) is 12.8. The maximum absolute atomic E-state index is 13.2. The fourth-order valence-electron chi connectivity index (χ4n) is 1.67. The van der Waals surface area contributed by atoms with Crippen LogP contribution < -0.4 is 11.2 Å². The summed E-state index contributed by atoms with van der Waals surface area (Å²) >= 11 is 0. The number of carbonyl (C=O) groups excluding carboxylic acids is 1. The van der Waals surface area contributed by atoms with Crippen molar-refractivity contribution in [3.8, 4) is 0 Å². The minimum absolute atomic E-state index is 0.166. The smallest absolute Gasteiger partial charge is 0.407 e. The quantitative estimate of drug-likeness (QED) is 0.814. The lowest BCUT2D eigenvalue weighted by molar-refractivity contribution is 0.0512. The van der Waals surface area contributed by atoms with E-state index in [1.165, 1.54) is 12.1 Å². The van der Waals surface area contributed by atoms with Crippen LogP contribution in [-0.2, 0) is 9.57 Å². The average molecular weight is 284 g/mol. The van der Waals surface area contributed by atoms with Gasteiger partial charge < -0.3 is 14.9 Å². The second-order valence-electron chi connectivity index (χ2n) is 5.47. The molecule has 0 bridgehead atoms. The Morgan fingerprint density at radius 2 is 2.15 bits per heavy atom. The van der Waals surface area contributed by atoms with E-state index in [1.54, 1.807) is 32.9 Å². The molecule has 1 aromatic carbocycles. The first-order chi connectivity index (χ1) is 9.31. The molecule has 112 valence electrons. The lowest BCUT2D eigenvalue weighted by Gasteiger charge is -2.22. The highest BCUT2D eigenvalue weighted by atomic mass is 19.1. The van der Waals surface area contributed by atoms with Crippen molar-refractivity contribution in [3.63, 3.8) is 0 Å². The van der Waals surface area contributed by atoms with E-state index in [0.717, 1.165) is 0 Å². The number of benzene rings is 1. The lowest BCUT2D eigenvalue weighted by atomic mass is 10.00. The predicted molar refractivity (Wildman–Crippen MR) is 73.5 cm³/mol. The van der Waals surface area contributed by atoms with Gasteiger partial charge in [-0.15, -0.1) is 0 Å². The highest BCUT2D eigenvalue weighted by molar-refractivity contribution is 5.67. The highest BCUT2D eigenvalue weighted by Crippen LogP contribution is 2.16. The van der Waals surface area contributed by atoms with Crippen LogP contribution in [0, 0.1) is 5.82 Å². The summed E-state index contributed by atoms with van der Waals surface area (Å²) in [4.78, 5) is 16.2. The zero-order chi connectivity index (χ0) is 15.2. The molecule has 0 aliphatic heterocycles. The van der Waals surface area contributed by atoms with Crippen molar-refractivity contribution in [2.24, 2.45) is 5.90 Å². The van der Waals surface area contributed by atoms with Crippen molar-refractivity contribution < 1.29 is 18.8 Å². The molecule has 1 amide bonds. The maximum atomic E-state index is 13.2. The Labute approximate surface area is 118 Å². The summed E-state index contributed by atoms with van der Waals surface area (Å²) in [6, 6.07) is 6.09. The molecule has 0 aliphatic carbocycles. The van der Waals surface area contributed by atoms with E-state index < -0.39 is 11.7 Å². The van der Waals surface area contributed by atoms with Crippen LogP contribution >= 0.6 is 0 Å². The van der Waals surface area contributed by atoms with Gasteiger partial charge in [0.15, 0.2) is 0 Å². The summed E-state index contributed by atoms with van der Waals surface area (Å²) in [5.74, 6) is 4.48. The largest absolute Gasteiger partial charge is 0.444 e. The van der Waals surface area contributed by atoms with Crippen molar-refractivity contribution in [3.05, 3.63) is 35.6 Å². The van der Waals surface area contributed by atoms with E-state index in [-0.39, 0.29) is 24.9 Å². The first-order valence-corrected chi connectivity index (χ1v) is 6.36. The number of nitrogens with one attached hydrogen (secondary N) is 1. The van der Waals surface area contributed by atoms with E-state index in [1.807, 2.05) is 0 Å². The Morgan fingerprint density at radius 3 is 2.70 bits per heavy atom. The second-order valence-corrected chi connectivity index (χ2v) is 5.47.